The van der Waals surface area contributed by atoms with Gasteiger partial charge < -0.3 is 9.64 Å². The van der Waals surface area contributed by atoms with Gasteiger partial charge in [0.25, 0.3) is 5.91 Å². The van der Waals surface area contributed by atoms with Gasteiger partial charge in [0.1, 0.15) is 0 Å². The van der Waals surface area contributed by atoms with E-state index in [9.17, 15) is 9.59 Å². The molecular formula is C16H20N6O3S. The molecule has 1 aromatic heterocycles. The van der Waals surface area contributed by atoms with Crippen molar-refractivity contribution in [3.8, 4) is 0 Å². The van der Waals surface area contributed by atoms with Gasteiger partial charge in [0.15, 0.2) is 5.16 Å². The Balaban J connectivity index is 1.47. The van der Waals surface area contributed by atoms with Crippen LogP contribution >= 0.6 is 11.8 Å². The van der Waals surface area contributed by atoms with E-state index in [0.29, 0.717) is 23.9 Å². The summed E-state index contributed by atoms with van der Waals surface area (Å²) in [5.41, 5.74) is 5.26. The number of amides is 2. The van der Waals surface area contributed by atoms with E-state index >= 15 is 0 Å². The summed E-state index contributed by atoms with van der Waals surface area (Å²) >= 11 is 1.26. The van der Waals surface area contributed by atoms with Crippen LogP contribution in [-0.2, 0) is 16.6 Å². The van der Waals surface area contributed by atoms with Crippen molar-refractivity contribution in [3.05, 3.63) is 35.9 Å². The fourth-order valence-electron chi connectivity index (χ4n) is 2.43. The summed E-state index contributed by atoms with van der Waals surface area (Å²) in [4.78, 5) is 25.9. The van der Waals surface area contributed by atoms with Gasteiger partial charge in [-0.2, -0.15) is 0 Å². The van der Waals surface area contributed by atoms with Crippen LogP contribution in [0.15, 0.2) is 35.5 Å². The molecule has 3 rings (SSSR count). The van der Waals surface area contributed by atoms with Crippen LogP contribution < -0.4 is 15.8 Å². The summed E-state index contributed by atoms with van der Waals surface area (Å²) in [6.07, 6.45) is 0. The zero-order valence-electron chi connectivity index (χ0n) is 14.3. The molecule has 138 valence electrons. The minimum absolute atomic E-state index is 0.115. The maximum absolute atomic E-state index is 11.9. The van der Waals surface area contributed by atoms with Gasteiger partial charge in [0, 0.05) is 25.7 Å². The third-order valence-electron chi connectivity index (χ3n) is 3.79. The first-order valence-corrected chi connectivity index (χ1v) is 9.13. The van der Waals surface area contributed by atoms with Crippen LogP contribution in [0.1, 0.15) is 10.4 Å². The molecule has 1 aliphatic rings. The van der Waals surface area contributed by atoms with E-state index in [1.807, 2.05) is 17.7 Å². The second-order valence-electron chi connectivity index (χ2n) is 5.60. The maximum Gasteiger partial charge on any atom is 0.269 e. The normalized spacial score (nSPS) is 14.1. The highest BCUT2D eigenvalue weighted by molar-refractivity contribution is 7.99. The first kappa shape index (κ1) is 18.2. The van der Waals surface area contributed by atoms with Crippen LogP contribution in [0.25, 0.3) is 0 Å². The lowest BCUT2D eigenvalue weighted by Crippen LogP contribution is -2.42. The van der Waals surface area contributed by atoms with Crippen LogP contribution in [0.3, 0.4) is 0 Å². The largest absolute Gasteiger partial charge is 0.378 e. The van der Waals surface area contributed by atoms with Crippen LogP contribution in [0.4, 0.5) is 5.95 Å². The number of ether oxygens (including phenoxy) is 1. The number of hydrazine groups is 1. The summed E-state index contributed by atoms with van der Waals surface area (Å²) < 4.78 is 7.19. The molecule has 26 heavy (non-hydrogen) atoms. The molecule has 1 fully saturated rings. The number of thioether (sulfide) groups is 1. The molecule has 0 unspecified atom stereocenters. The fourth-order valence-corrected chi connectivity index (χ4v) is 3.13. The number of carbonyl (C=O) groups excluding carboxylic acids is 2. The topological polar surface area (TPSA) is 101 Å². The first-order valence-electron chi connectivity index (χ1n) is 8.14. The number of rotatable bonds is 5. The fraction of sp³-hybridized carbons (Fsp3) is 0.375. The van der Waals surface area contributed by atoms with Crippen molar-refractivity contribution in [2.75, 3.05) is 37.0 Å². The average molecular weight is 376 g/mol. The molecule has 1 saturated heterocycles. The molecule has 0 bridgehead atoms. The number of hydrogen-bond acceptors (Lipinski definition) is 7. The SMILES string of the molecule is Cn1c(SCC(=O)NNC(=O)c2ccccc2)nnc1N1CCOCC1. The highest BCUT2D eigenvalue weighted by atomic mass is 32.2. The molecule has 2 N–H and O–H groups in total. The van der Waals surface area contributed by atoms with E-state index < -0.39 is 0 Å². The number of nitrogens with zero attached hydrogens (tertiary/aromatic N) is 4. The van der Waals surface area contributed by atoms with E-state index in [0.717, 1.165) is 19.0 Å². The summed E-state index contributed by atoms with van der Waals surface area (Å²) in [6, 6.07) is 8.67. The third kappa shape index (κ3) is 4.52. The molecule has 1 aliphatic heterocycles. The summed E-state index contributed by atoms with van der Waals surface area (Å²) in [5.74, 6) is 0.186. The molecule has 0 aliphatic carbocycles. The van der Waals surface area contributed by atoms with Gasteiger partial charge in [-0.05, 0) is 12.1 Å². The van der Waals surface area contributed by atoms with E-state index in [1.54, 1.807) is 24.3 Å². The van der Waals surface area contributed by atoms with Crippen LogP contribution in [0, 0.1) is 0 Å². The average Bonchev–Trinajstić information content (AvgIpc) is 3.06. The molecule has 1 aromatic carbocycles. The van der Waals surface area contributed by atoms with Crippen LogP contribution in [0.5, 0.6) is 0 Å². The van der Waals surface area contributed by atoms with Crippen molar-refractivity contribution in [3.63, 3.8) is 0 Å². The minimum Gasteiger partial charge on any atom is -0.378 e. The number of benzene rings is 1. The molecule has 0 saturated carbocycles. The Bertz CT molecular complexity index is 761. The van der Waals surface area contributed by atoms with Gasteiger partial charge in [-0.3, -0.25) is 25.0 Å². The van der Waals surface area contributed by atoms with Crippen molar-refractivity contribution in [1.29, 1.82) is 0 Å². The Morgan fingerprint density at radius 2 is 1.88 bits per heavy atom. The molecule has 10 heteroatoms. The van der Waals surface area contributed by atoms with Crippen molar-refractivity contribution >= 4 is 29.5 Å². The number of hydrogen-bond donors (Lipinski definition) is 2. The number of carbonyl (C=O) groups is 2. The lowest BCUT2D eigenvalue weighted by atomic mass is 10.2. The lowest BCUT2D eigenvalue weighted by Gasteiger charge is -2.27. The minimum atomic E-state index is -0.364. The summed E-state index contributed by atoms with van der Waals surface area (Å²) in [7, 11) is 1.86. The van der Waals surface area contributed by atoms with Crippen molar-refractivity contribution in [1.82, 2.24) is 25.6 Å². The van der Waals surface area contributed by atoms with Crippen molar-refractivity contribution in [2.24, 2.45) is 7.05 Å². The Kier molecular flexibility index (Phi) is 6.08. The lowest BCUT2D eigenvalue weighted by molar-refractivity contribution is -0.119. The van der Waals surface area contributed by atoms with E-state index in [2.05, 4.69) is 25.9 Å². The number of nitrogens with one attached hydrogen (secondary N) is 2. The van der Waals surface area contributed by atoms with Gasteiger partial charge in [-0.1, -0.05) is 30.0 Å². The zero-order valence-corrected chi connectivity index (χ0v) is 15.2. The van der Waals surface area contributed by atoms with Crippen molar-refractivity contribution < 1.29 is 14.3 Å². The van der Waals surface area contributed by atoms with E-state index in [4.69, 9.17) is 4.74 Å². The third-order valence-corrected chi connectivity index (χ3v) is 4.81. The Morgan fingerprint density at radius 3 is 2.62 bits per heavy atom. The molecule has 2 aromatic rings. The predicted molar refractivity (Wildman–Crippen MR) is 96.8 cm³/mol. The van der Waals surface area contributed by atoms with Gasteiger partial charge in [0.2, 0.25) is 11.9 Å². The first-order chi connectivity index (χ1) is 12.6. The summed E-state index contributed by atoms with van der Waals surface area (Å²) in [5, 5.41) is 8.96. The monoisotopic (exact) mass is 376 g/mol. The molecular weight excluding hydrogens is 356 g/mol. The Morgan fingerprint density at radius 1 is 1.15 bits per heavy atom. The second-order valence-corrected chi connectivity index (χ2v) is 6.54. The smallest absolute Gasteiger partial charge is 0.269 e. The van der Waals surface area contributed by atoms with E-state index in [1.165, 1.54) is 11.8 Å². The van der Waals surface area contributed by atoms with Gasteiger partial charge in [-0.15, -0.1) is 10.2 Å². The standard InChI is InChI=1S/C16H20N6O3S/c1-21-15(22-7-9-25-10-8-22)19-20-16(21)26-11-13(23)17-18-14(24)12-5-3-2-4-6-12/h2-6H,7-11H2,1H3,(H,17,23)(H,18,24). The van der Waals surface area contributed by atoms with Gasteiger partial charge in [0.05, 0.1) is 19.0 Å². The van der Waals surface area contributed by atoms with Crippen LogP contribution in [-0.4, -0.2) is 58.6 Å². The maximum atomic E-state index is 11.9. The van der Waals surface area contributed by atoms with Crippen LogP contribution in [0.2, 0.25) is 0 Å². The van der Waals surface area contributed by atoms with E-state index in [-0.39, 0.29) is 17.6 Å². The highest BCUT2D eigenvalue weighted by Gasteiger charge is 2.19. The highest BCUT2D eigenvalue weighted by Crippen LogP contribution is 2.20. The molecule has 0 radical (unpaired) electrons. The Hall–Kier alpha value is -2.59. The molecule has 0 spiro atoms. The molecule has 0 atom stereocenters. The number of morpholine rings is 1. The Labute approximate surface area is 155 Å². The number of aromatic nitrogens is 3. The molecule has 9 nitrogen and oxygen atoms in total. The molecule has 2 amide bonds. The van der Waals surface area contributed by atoms with Gasteiger partial charge >= 0.3 is 0 Å². The van der Waals surface area contributed by atoms with Crippen molar-refractivity contribution in [2.45, 2.75) is 5.16 Å². The predicted octanol–water partition coefficient (Wildman–Crippen LogP) is 0.205. The second kappa shape index (κ2) is 8.68. The summed E-state index contributed by atoms with van der Waals surface area (Å²) in [6.45, 7) is 2.86. The quantitative estimate of drug-likeness (QED) is 0.568. The van der Waals surface area contributed by atoms with Gasteiger partial charge in [-0.25, -0.2) is 0 Å². The number of anilines is 1. The zero-order chi connectivity index (χ0) is 18.4. The molecule has 2 heterocycles.